The van der Waals surface area contributed by atoms with Crippen LogP contribution in [0.2, 0.25) is 0 Å². The van der Waals surface area contributed by atoms with Crippen LogP contribution in [-0.2, 0) is 0 Å². The summed E-state index contributed by atoms with van der Waals surface area (Å²) in [6, 6.07) is 25.4. The fourth-order valence-electron chi connectivity index (χ4n) is 3.08. The predicted molar refractivity (Wildman–Crippen MR) is 90.1 cm³/mol. The summed E-state index contributed by atoms with van der Waals surface area (Å²) in [5.41, 5.74) is 3.89. The summed E-state index contributed by atoms with van der Waals surface area (Å²) in [7, 11) is 0. The largest absolute Gasteiger partial charge is 0.382 e. The Morgan fingerprint density at radius 3 is 2.39 bits per heavy atom. The quantitative estimate of drug-likeness (QED) is 0.607. The number of hydrogen-bond donors (Lipinski definition) is 1. The number of nitriles is 1. The molecule has 0 fully saturated rings. The maximum absolute atomic E-state index is 10.8. The van der Waals surface area contributed by atoms with Crippen molar-refractivity contribution < 1.29 is 5.11 Å². The van der Waals surface area contributed by atoms with Gasteiger partial charge in [-0.1, -0.05) is 54.6 Å². The molecule has 0 amide bonds. The lowest BCUT2D eigenvalue weighted by Gasteiger charge is -2.13. The molecule has 1 atom stereocenters. The van der Waals surface area contributed by atoms with E-state index in [9.17, 15) is 10.4 Å². The Labute approximate surface area is 133 Å². The third-order valence-corrected chi connectivity index (χ3v) is 4.18. The monoisotopic (exact) mass is 298 g/mol. The van der Waals surface area contributed by atoms with Crippen molar-refractivity contribution in [2.75, 3.05) is 0 Å². The molecule has 0 aliphatic rings. The van der Waals surface area contributed by atoms with E-state index in [-0.39, 0.29) is 0 Å². The zero-order valence-electron chi connectivity index (χ0n) is 12.3. The zero-order valence-corrected chi connectivity index (χ0v) is 12.3. The number of fused-ring (bicyclic) bond motifs is 3. The van der Waals surface area contributed by atoms with Gasteiger partial charge in [-0.05, 0) is 29.1 Å². The van der Waals surface area contributed by atoms with Gasteiger partial charge in [-0.15, -0.1) is 0 Å². The van der Waals surface area contributed by atoms with Crippen LogP contribution in [0.4, 0.5) is 0 Å². The summed E-state index contributed by atoms with van der Waals surface area (Å²) in [4.78, 5) is 0. The van der Waals surface area contributed by atoms with Gasteiger partial charge in [-0.25, -0.2) is 0 Å². The smallest absolute Gasteiger partial charge is 0.119 e. The van der Waals surface area contributed by atoms with E-state index in [0.717, 1.165) is 22.0 Å². The Kier molecular flexibility index (Phi) is 3.11. The summed E-state index contributed by atoms with van der Waals surface area (Å²) in [6.07, 6.45) is -0.781. The van der Waals surface area contributed by atoms with Crippen LogP contribution in [0.25, 0.3) is 16.4 Å². The number of aliphatic hydroxyl groups is 1. The third kappa shape index (κ3) is 2.09. The van der Waals surface area contributed by atoms with E-state index in [1.807, 2.05) is 71.1 Å². The molecule has 0 radical (unpaired) electrons. The third-order valence-electron chi connectivity index (χ3n) is 4.18. The highest BCUT2D eigenvalue weighted by Gasteiger charge is 2.18. The number of pyridine rings is 1. The second-order valence-corrected chi connectivity index (χ2v) is 5.52. The van der Waals surface area contributed by atoms with Gasteiger partial charge in [0.05, 0.1) is 22.3 Å². The van der Waals surface area contributed by atoms with Gasteiger partial charge in [-0.2, -0.15) is 5.26 Å². The first kappa shape index (κ1) is 13.6. The molecule has 110 valence electrons. The molecule has 2 aromatic heterocycles. The minimum atomic E-state index is -0.781. The topological polar surface area (TPSA) is 48.4 Å². The molecule has 3 nitrogen and oxygen atoms in total. The summed E-state index contributed by atoms with van der Waals surface area (Å²) < 4.78 is 1.98. The SMILES string of the molecule is N#Cc1cc(C(O)c2ccccc2)n2c1ccc1ccccc12. The highest BCUT2D eigenvalue weighted by atomic mass is 16.3. The molecule has 0 bridgehead atoms. The Morgan fingerprint density at radius 1 is 0.870 bits per heavy atom. The van der Waals surface area contributed by atoms with Gasteiger partial charge < -0.3 is 9.51 Å². The van der Waals surface area contributed by atoms with Crippen LogP contribution in [0.3, 0.4) is 0 Å². The van der Waals surface area contributed by atoms with Crippen LogP contribution in [0, 0.1) is 11.3 Å². The number of para-hydroxylation sites is 1. The number of hydrogen-bond acceptors (Lipinski definition) is 2. The Balaban J connectivity index is 2.07. The molecule has 23 heavy (non-hydrogen) atoms. The first-order valence-corrected chi connectivity index (χ1v) is 7.46. The maximum atomic E-state index is 10.8. The van der Waals surface area contributed by atoms with Gasteiger partial charge in [0, 0.05) is 0 Å². The van der Waals surface area contributed by atoms with Gasteiger partial charge in [-0.3, -0.25) is 0 Å². The van der Waals surface area contributed by atoms with Crippen molar-refractivity contribution >= 4 is 16.4 Å². The van der Waals surface area contributed by atoms with E-state index in [2.05, 4.69) is 6.07 Å². The maximum Gasteiger partial charge on any atom is 0.119 e. The zero-order chi connectivity index (χ0) is 15.8. The van der Waals surface area contributed by atoms with Crippen LogP contribution < -0.4 is 0 Å². The molecule has 0 saturated carbocycles. The summed E-state index contributed by atoms with van der Waals surface area (Å²) in [5, 5.41) is 21.3. The van der Waals surface area contributed by atoms with Crippen molar-refractivity contribution in [3.8, 4) is 6.07 Å². The minimum Gasteiger partial charge on any atom is -0.382 e. The van der Waals surface area contributed by atoms with Crippen LogP contribution in [0.15, 0.2) is 72.8 Å². The average molecular weight is 298 g/mol. The first-order chi connectivity index (χ1) is 11.3. The van der Waals surface area contributed by atoms with E-state index < -0.39 is 6.10 Å². The van der Waals surface area contributed by atoms with E-state index in [0.29, 0.717) is 11.3 Å². The Morgan fingerprint density at radius 2 is 1.61 bits per heavy atom. The van der Waals surface area contributed by atoms with Gasteiger partial charge >= 0.3 is 0 Å². The number of benzene rings is 2. The van der Waals surface area contributed by atoms with Crippen molar-refractivity contribution in [2.45, 2.75) is 6.10 Å². The molecular formula is C20H14N2O. The molecule has 0 saturated heterocycles. The highest BCUT2D eigenvalue weighted by Crippen LogP contribution is 2.30. The predicted octanol–water partition coefficient (Wildman–Crippen LogP) is 4.05. The lowest BCUT2D eigenvalue weighted by Crippen LogP contribution is -2.04. The fourth-order valence-corrected chi connectivity index (χ4v) is 3.08. The second kappa shape index (κ2) is 5.28. The van der Waals surface area contributed by atoms with Gasteiger partial charge in [0.2, 0.25) is 0 Å². The molecule has 1 unspecified atom stereocenters. The standard InChI is InChI=1S/C20H14N2O/c21-13-16-12-19(20(23)15-7-2-1-3-8-15)22-17-9-5-4-6-14(17)10-11-18(16)22/h1-12,20,23H. The van der Waals surface area contributed by atoms with Crippen LogP contribution in [0.5, 0.6) is 0 Å². The summed E-state index contributed by atoms with van der Waals surface area (Å²) in [6.45, 7) is 0. The van der Waals surface area contributed by atoms with Crippen LogP contribution >= 0.6 is 0 Å². The van der Waals surface area contributed by atoms with Crippen molar-refractivity contribution in [2.24, 2.45) is 0 Å². The van der Waals surface area contributed by atoms with Gasteiger partial charge in [0.1, 0.15) is 12.2 Å². The van der Waals surface area contributed by atoms with E-state index >= 15 is 0 Å². The van der Waals surface area contributed by atoms with Crippen LogP contribution in [0.1, 0.15) is 22.9 Å². The van der Waals surface area contributed by atoms with Gasteiger partial charge in [0.25, 0.3) is 0 Å². The lowest BCUT2D eigenvalue weighted by molar-refractivity contribution is 0.215. The number of nitrogens with zero attached hydrogens (tertiary/aromatic N) is 2. The molecule has 3 heteroatoms. The molecular weight excluding hydrogens is 284 g/mol. The van der Waals surface area contributed by atoms with E-state index in [1.54, 1.807) is 6.07 Å². The van der Waals surface area contributed by atoms with Gasteiger partial charge in [0.15, 0.2) is 0 Å². The van der Waals surface area contributed by atoms with Crippen molar-refractivity contribution in [3.63, 3.8) is 0 Å². The minimum absolute atomic E-state index is 0.570. The molecule has 0 aliphatic carbocycles. The fraction of sp³-hybridized carbons (Fsp3) is 0.0500. The van der Waals surface area contributed by atoms with Crippen molar-refractivity contribution in [3.05, 3.63) is 89.6 Å². The van der Waals surface area contributed by atoms with E-state index in [1.165, 1.54) is 0 Å². The normalized spacial score (nSPS) is 12.3. The summed E-state index contributed by atoms with van der Waals surface area (Å²) in [5.74, 6) is 0. The molecule has 2 aromatic carbocycles. The van der Waals surface area contributed by atoms with E-state index in [4.69, 9.17) is 0 Å². The Bertz CT molecular complexity index is 1040. The van der Waals surface area contributed by atoms with Crippen molar-refractivity contribution in [1.82, 2.24) is 4.40 Å². The lowest BCUT2D eigenvalue weighted by atomic mass is 10.1. The first-order valence-electron chi connectivity index (χ1n) is 7.46. The molecule has 2 heterocycles. The van der Waals surface area contributed by atoms with Crippen LogP contribution in [-0.4, -0.2) is 9.51 Å². The summed E-state index contributed by atoms with van der Waals surface area (Å²) >= 11 is 0. The molecule has 0 spiro atoms. The number of aromatic nitrogens is 1. The average Bonchev–Trinajstić information content (AvgIpc) is 3.01. The molecule has 1 N–H and O–H groups in total. The van der Waals surface area contributed by atoms with Crippen molar-refractivity contribution in [1.29, 1.82) is 5.26 Å². The molecule has 4 rings (SSSR count). The highest BCUT2D eigenvalue weighted by molar-refractivity contribution is 5.85. The Hall–Kier alpha value is -3.09. The number of rotatable bonds is 2. The molecule has 4 aromatic rings. The second-order valence-electron chi connectivity index (χ2n) is 5.52. The number of aliphatic hydroxyl groups excluding tert-OH is 1. The molecule has 0 aliphatic heterocycles.